The molecule has 2 aromatic rings. The summed E-state index contributed by atoms with van der Waals surface area (Å²) in [5.41, 5.74) is 0.618. The van der Waals surface area contributed by atoms with Gasteiger partial charge in [-0.05, 0) is 34.1 Å². The van der Waals surface area contributed by atoms with Gasteiger partial charge >= 0.3 is 0 Å². The maximum Gasteiger partial charge on any atom is 0.224 e. The van der Waals surface area contributed by atoms with E-state index in [1.807, 2.05) is 12.1 Å². The third-order valence-electron chi connectivity index (χ3n) is 2.32. The molecular weight excluding hydrogens is 298 g/mol. The third-order valence-corrected chi connectivity index (χ3v) is 2.75. The van der Waals surface area contributed by atoms with E-state index < -0.39 is 0 Å². The number of hydrogen-bond donors (Lipinski definition) is 1. The molecule has 0 bridgehead atoms. The number of nitrogens with zero attached hydrogens (tertiary/aromatic N) is 1. The molecule has 0 saturated carbocycles. The molecule has 0 aliphatic carbocycles. The number of aliphatic hydroxyl groups excluding tert-OH is 1. The number of methoxy groups -OCH3 is 1. The van der Waals surface area contributed by atoms with Gasteiger partial charge in [-0.3, -0.25) is 0 Å². The van der Waals surface area contributed by atoms with Crippen LogP contribution in [0.25, 0.3) is 0 Å². The Balaban J connectivity index is 2.27. The second-order valence-corrected chi connectivity index (χ2v) is 4.47. The predicted molar refractivity (Wildman–Crippen MR) is 70.9 cm³/mol. The monoisotopic (exact) mass is 309 g/mol. The first-order valence-corrected chi connectivity index (χ1v) is 6.09. The first-order chi connectivity index (χ1) is 8.72. The molecule has 5 heteroatoms. The number of aromatic nitrogens is 1. The zero-order valence-electron chi connectivity index (χ0n) is 9.76. The van der Waals surface area contributed by atoms with Crippen molar-refractivity contribution in [1.82, 2.24) is 4.98 Å². The minimum absolute atomic E-state index is 0.133. The first-order valence-electron chi connectivity index (χ1n) is 5.30. The van der Waals surface area contributed by atoms with Crippen LogP contribution in [0.2, 0.25) is 0 Å². The van der Waals surface area contributed by atoms with Crippen LogP contribution in [0, 0.1) is 0 Å². The molecule has 94 valence electrons. The molecule has 0 radical (unpaired) electrons. The zero-order chi connectivity index (χ0) is 13.0. The molecule has 0 fully saturated rings. The van der Waals surface area contributed by atoms with Crippen LogP contribution in [0.3, 0.4) is 0 Å². The lowest BCUT2D eigenvalue weighted by Gasteiger charge is -2.09. The fourth-order valence-electron chi connectivity index (χ4n) is 1.45. The van der Waals surface area contributed by atoms with E-state index in [2.05, 4.69) is 20.9 Å². The Morgan fingerprint density at radius 2 is 2.06 bits per heavy atom. The van der Waals surface area contributed by atoms with Crippen molar-refractivity contribution in [2.24, 2.45) is 0 Å². The number of aliphatic hydroxyl groups is 1. The maximum atomic E-state index is 9.26. The van der Waals surface area contributed by atoms with Gasteiger partial charge in [-0.25, -0.2) is 4.98 Å². The average molecular weight is 310 g/mol. The molecule has 0 aliphatic rings. The topological polar surface area (TPSA) is 51.6 Å². The highest BCUT2D eigenvalue weighted by Crippen LogP contribution is 2.27. The molecule has 4 nitrogen and oxygen atoms in total. The van der Waals surface area contributed by atoms with Crippen LogP contribution in [0.4, 0.5) is 0 Å². The number of hydrogen-bond acceptors (Lipinski definition) is 4. The van der Waals surface area contributed by atoms with E-state index in [1.54, 1.807) is 31.5 Å². The highest BCUT2D eigenvalue weighted by molar-refractivity contribution is 9.10. The molecule has 2 rings (SSSR count). The number of ether oxygens (including phenoxy) is 2. The summed E-state index contributed by atoms with van der Waals surface area (Å²) < 4.78 is 11.5. The van der Waals surface area contributed by atoms with Crippen molar-refractivity contribution < 1.29 is 14.6 Å². The predicted octanol–water partition coefficient (Wildman–Crippen LogP) is 3.14. The second kappa shape index (κ2) is 5.84. The fourth-order valence-corrected chi connectivity index (χ4v) is 1.83. The van der Waals surface area contributed by atoms with Crippen molar-refractivity contribution in [3.8, 4) is 17.4 Å². The molecule has 0 atom stereocenters. The summed E-state index contributed by atoms with van der Waals surface area (Å²) in [6.45, 7) is -0.133. The zero-order valence-corrected chi connectivity index (χ0v) is 11.3. The summed E-state index contributed by atoms with van der Waals surface area (Å²) in [5.74, 6) is 1.70. The Labute approximate surface area is 113 Å². The average Bonchev–Trinajstić information content (AvgIpc) is 2.41. The molecule has 1 aromatic carbocycles. The third kappa shape index (κ3) is 3.00. The maximum absolute atomic E-state index is 9.26. The quantitative estimate of drug-likeness (QED) is 0.942. The van der Waals surface area contributed by atoms with Gasteiger partial charge in [-0.1, -0.05) is 6.07 Å². The first kappa shape index (κ1) is 12.9. The van der Waals surface area contributed by atoms with Gasteiger partial charge in [0, 0.05) is 22.3 Å². The number of rotatable bonds is 4. The largest absolute Gasteiger partial charge is 0.497 e. The van der Waals surface area contributed by atoms with E-state index in [1.165, 1.54) is 0 Å². The van der Waals surface area contributed by atoms with Gasteiger partial charge in [-0.2, -0.15) is 0 Å². The molecule has 0 aliphatic heterocycles. The molecule has 0 spiro atoms. The van der Waals surface area contributed by atoms with Crippen molar-refractivity contribution in [3.63, 3.8) is 0 Å². The van der Waals surface area contributed by atoms with Crippen LogP contribution in [0.5, 0.6) is 17.4 Å². The summed E-state index contributed by atoms with van der Waals surface area (Å²) >= 11 is 3.30. The Kier molecular flexibility index (Phi) is 4.17. The van der Waals surface area contributed by atoms with Crippen molar-refractivity contribution >= 4 is 15.9 Å². The van der Waals surface area contributed by atoms with Crippen LogP contribution in [0.15, 0.2) is 41.0 Å². The summed E-state index contributed by atoms with van der Waals surface area (Å²) in [6.07, 6.45) is 1.62. The van der Waals surface area contributed by atoms with E-state index in [9.17, 15) is 5.11 Å². The summed E-state index contributed by atoms with van der Waals surface area (Å²) in [5, 5.41) is 9.26. The number of benzene rings is 1. The van der Waals surface area contributed by atoms with Crippen molar-refractivity contribution in [3.05, 3.63) is 46.6 Å². The SMILES string of the molecule is COc1cccc(Oc2ncc(Br)cc2CO)c1. The summed E-state index contributed by atoms with van der Waals surface area (Å²) in [7, 11) is 1.59. The van der Waals surface area contributed by atoms with Gasteiger partial charge in [0.2, 0.25) is 5.88 Å². The minimum atomic E-state index is -0.133. The fraction of sp³-hybridized carbons (Fsp3) is 0.154. The van der Waals surface area contributed by atoms with Crippen LogP contribution in [-0.4, -0.2) is 17.2 Å². The molecule has 18 heavy (non-hydrogen) atoms. The van der Waals surface area contributed by atoms with E-state index in [0.717, 1.165) is 4.47 Å². The lowest BCUT2D eigenvalue weighted by Crippen LogP contribution is -1.95. The van der Waals surface area contributed by atoms with Crippen LogP contribution in [-0.2, 0) is 6.61 Å². The van der Waals surface area contributed by atoms with Gasteiger partial charge < -0.3 is 14.6 Å². The molecule has 1 N–H and O–H groups in total. The summed E-state index contributed by atoms with van der Waals surface area (Å²) in [4.78, 5) is 4.13. The number of halogens is 1. The molecule has 0 unspecified atom stereocenters. The van der Waals surface area contributed by atoms with Crippen molar-refractivity contribution in [1.29, 1.82) is 0 Å². The standard InChI is InChI=1S/C13H12BrNO3/c1-17-11-3-2-4-12(6-11)18-13-9(8-16)5-10(14)7-15-13/h2-7,16H,8H2,1H3. The second-order valence-electron chi connectivity index (χ2n) is 3.56. The molecule has 1 heterocycles. The van der Waals surface area contributed by atoms with E-state index in [4.69, 9.17) is 9.47 Å². The number of pyridine rings is 1. The van der Waals surface area contributed by atoms with Crippen molar-refractivity contribution in [2.75, 3.05) is 7.11 Å². The van der Waals surface area contributed by atoms with Crippen LogP contribution >= 0.6 is 15.9 Å². The highest BCUT2D eigenvalue weighted by atomic mass is 79.9. The smallest absolute Gasteiger partial charge is 0.224 e. The molecular formula is C13H12BrNO3. The minimum Gasteiger partial charge on any atom is -0.497 e. The van der Waals surface area contributed by atoms with Crippen LogP contribution in [0.1, 0.15) is 5.56 Å². The Morgan fingerprint density at radius 3 is 2.78 bits per heavy atom. The molecule has 1 aromatic heterocycles. The van der Waals surface area contributed by atoms with Crippen molar-refractivity contribution in [2.45, 2.75) is 6.61 Å². The Morgan fingerprint density at radius 1 is 1.28 bits per heavy atom. The van der Waals surface area contributed by atoms with E-state index >= 15 is 0 Å². The molecule has 0 amide bonds. The van der Waals surface area contributed by atoms with Crippen LogP contribution < -0.4 is 9.47 Å². The Bertz CT molecular complexity index is 546. The summed E-state index contributed by atoms with van der Waals surface area (Å²) in [6, 6.07) is 8.97. The lowest BCUT2D eigenvalue weighted by atomic mass is 10.3. The Hall–Kier alpha value is -1.59. The van der Waals surface area contributed by atoms with E-state index in [-0.39, 0.29) is 6.61 Å². The van der Waals surface area contributed by atoms with Gasteiger partial charge in [0.05, 0.1) is 13.7 Å². The van der Waals surface area contributed by atoms with Gasteiger partial charge in [0.15, 0.2) is 0 Å². The van der Waals surface area contributed by atoms with Gasteiger partial charge in [-0.15, -0.1) is 0 Å². The van der Waals surface area contributed by atoms with Gasteiger partial charge in [0.1, 0.15) is 11.5 Å². The van der Waals surface area contributed by atoms with E-state index in [0.29, 0.717) is 22.9 Å². The van der Waals surface area contributed by atoms with Gasteiger partial charge in [0.25, 0.3) is 0 Å². The molecule has 0 saturated heterocycles. The normalized spacial score (nSPS) is 10.2. The highest BCUT2D eigenvalue weighted by Gasteiger charge is 2.07. The lowest BCUT2D eigenvalue weighted by molar-refractivity contribution is 0.275.